The molecule has 0 aromatic carbocycles. The number of pyridine rings is 2. The highest BCUT2D eigenvalue weighted by Gasteiger charge is 2.09. The van der Waals surface area contributed by atoms with Gasteiger partial charge in [-0.2, -0.15) is 0 Å². The molecule has 0 bridgehead atoms. The lowest BCUT2D eigenvalue weighted by Crippen LogP contribution is -1.97. The van der Waals surface area contributed by atoms with E-state index in [1.165, 1.54) is 0 Å². The van der Waals surface area contributed by atoms with Crippen molar-refractivity contribution in [2.75, 3.05) is 0 Å². The summed E-state index contributed by atoms with van der Waals surface area (Å²) in [4.78, 5) is 17.6. The highest BCUT2D eigenvalue weighted by Crippen LogP contribution is 2.21. The van der Waals surface area contributed by atoms with Gasteiger partial charge in [0.2, 0.25) is 0 Å². The van der Waals surface area contributed by atoms with Gasteiger partial charge in [0, 0.05) is 12.4 Å². The first kappa shape index (κ1) is 11.5. The van der Waals surface area contributed by atoms with Gasteiger partial charge in [0.05, 0.1) is 23.3 Å². The van der Waals surface area contributed by atoms with Gasteiger partial charge in [-0.05, 0) is 31.2 Å². The summed E-state index contributed by atoms with van der Waals surface area (Å²) >= 11 is 0. The van der Waals surface area contributed by atoms with Crippen LogP contribution in [0.25, 0.3) is 22.8 Å². The Morgan fingerprint density at radius 1 is 0.737 bits per heavy atom. The second-order valence-electron chi connectivity index (χ2n) is 4.12. The number of nitrogens with zero attached hydrogens (tertiary/aromatic N) is 4. The molecule has 4 nitrogen and oxygen atoms in total. The van der Waals surface area contributed by atoms with E-state index >= 15 is 0 Å². The molecule has 0 fully saturated rings. The predicted molar refractivity (Wildman–Crippen MR) is 73.2 cm³/mol. The van der Waals surface area contributed by atoms with E-state index in [0.29, 0.717) is 0 Å². The van der Waals surface area contributed by atoms with E-state index in [1.54, 1.807) is 18.6 Å². The molecule has 0 aliphatic heterocycles. The summed E-state index contributed by atoms with van der Waals surface area (Å²) in [5, 5.41) is 0. The standard InChI is InChI=1S/C15H12N4/c1-11-15(13-7-3-5-9-17-13)19-14(10-18-11)12-6-2-4-8-16-12/h2-10H,1H3. The zero-order valence-corrected chi connectivity index (χ0v) is 10.5. The van der Waals surface area contributed by atoms with Crippen LogP contribution in [0.5, 0.6) is 0 Å². The van der Waals surface area contributed by atoms with Crippen molar-refractivity contribution in [3.8, 4) is 22.8 Å². The minimum absolute atomic E-state index is 0.756. The molecule has 3 heterocycles. The Bertz CT molecular complexity index is 681. The Hall–Kier alpha value is -2.62. The van der Waals surface area contributed by atoms with Crippen LogP contribution in [0, 0.1) is 6.92 Å². The third-order valence-corrected chi connectivity index (χ3v) is 2.79. The molecule has 0 aliphatic carbocycles. The highest BCUT2D eigenvalue weighted by molar-refractivity contribution is 5.62. The molecule has 0 saturated carbocycles. The van der Waals surface area contributed by atoms with Gasteiger partial charge in [-0.1, -0.05) is 12.1 Å². The number of aryl methyl sites for hydroxylation is 1. The zero-order chi connectivity index (χ0) is 13.1. The topological polar surface area (TPSA) is 51.6 Å². The van der Waals surface area contributed by atoms with Crippen molar-refractivity contribution in [3.63, 3.8) is 0 Å². The maximum absolute atomic E-state index is 4.63. The fourth-order valence-corrected chi connectivity index (χ4v) is 1.83. The smallest absolute Gasteiger partial charge is 0.111 e. The third-order valence-electron chi connectivity index (χ3n) is 2.79. The van der Waals surface area contributed by atoms with E-state index < -0.39 is 0 Å². The van der Waals surface area contributed by atoms with Crippen molar-refractivity contribution in [2.45, 2.75) is 6.92 Å². The summed E-state index contributed by atoms with van der Waals surface area (Å²) < 4.78 is 0. The second kappa shape index (κ2) is 4.94. The van der Waals surface area contributed by atoms with Gasteiger partial charge in [-0.3, -0.25) is 15.0 Å². The molecular formula is C15H12N4. The minimum Gasteiger partial charge on any atom is -0.257 e. The van der Waals surface area contributed by atoms with Gasteiger partial charge < -0.3 is 0 Å². The number of hydrogen-bond donors (Lipinski definition) is 0. The van der Waals surface area contributed by atoms with Crippen molar-refractivity contribution in [2.24, 2.45) is 0 Å². The maximum Gasteiger partial charge on any atom is 0.111 e. The first-order chi connectivity index (χ1) is 9.34. The van der Waals surface area contributed by atoms with Gasteiger partial charge in [0.15, 0.2) is 0 Å². The molecule has 3 rings (SSSR count). The van der Waals surface area contributed by atoms with Gasteiger partial charge in [0.25, 0.3) is 0 Å². The monoisotopic (exact) mass is 248 g/mol. The SMILES string of the molecule is Cc1ncc(-c2ccccn2)nc1-c1ccccn1. The Labute approximate surface area is 111 Å². The van der Waals surface area contributed by atoms with E-state index in [4.69, 9.17) is 0 Å². The lowest BCUT2D eigenvalue weighted by atomic mass is 10.2. The molecule has 19 heavy (non-hydrogen) atoms. The van der Waals surface area contributed by atoms with Crippen molar-refractivity contribution >= 4 is 0 Å². The Kier molecular flexibility index (Phi) is 2.98. The van der Waals surface area contributed by atoms with E-state index in [2.05, 4.69) is 19.9 Å². The molecule has 0 aliphatic rings. The van der Waals surface area contributed by atoms with Crippen LogP contribution in [0.15, 0.2) is 55.0 Å². The molecule has 0 N–H and O–H groups in total. The fourth-order valence-electron chi connectivity index (χ4n) is 1.83. The number of hydrogen-bond acceptors (Lipinski definition) is 4. The van der Waals surface area contributed by atoms with Crippen molar-refractivity contribution in [3.05, 3.63) is 60.7 Å². The summed E-state index contributed by atoms with van der Waals surface area (Å²) in [5.41, 5.74) is 4.05. The van der Waals surface area contributed by atoms with Gasteiger partial charge in [-0.25, -0.2) is 4.98 Å². The molecule has 0 unspecified atom stereocenters. The third kappa shape index (κ3) is 2.33. The molecule has 0 radical (unpaired) electrons. The summed E-state index contributed by atoms with van der Waals surface area (Å²) in [7, 11) is 0. The van der Waals surface area contributed by atoms with Crippen LogP contribution in [-0.2, 0) is 0 Å². The van der Waals surface area contributed by atoms with E-state index in [0.717, 1.165) is 28.5 Å². The molecule has 0 spiro atoms. The minimum atomic E-state index is 0.756. The molecule has 4 heteroatoms. The largest absolute Gasteiger partial charge is 0.257 e. The second-order valence-corrected chi connectivity index (χ2v) is 4.12. The molecule has 3 aromatic rings. The van der Waals surface area contributed by atoms with Crippen molar-refractivity contribution < 1.29 is 0 Å². The lowest BCUT2D eigenvalue weighted by Gasteiger charge is -2.06. The molecule has 0 saturated heterocycles. The van der Waals surface area contributed by atoms with Crippen molar-refractivity contribution in [1.82, 2.24) is 19.9 Å². The van der Waals surface area contributed by atoms with E-state index in [9.17, 15) is 0 Å². The van der Waals surface area contributed by atoms with Gasteiger partial charge in [-0.15, -0.1) is 0 Å². The molecular weight excluding hydrogens is 236 g/mol. The molecule has 0 amide bonds. The van der Waals surface area contributed by atoms with Crippen LogP contribution in [0.4, 0.5) is 0 Å². The van der Waals surface area contributed by atoms with Gasteiger partial charge >= 0.3 is 0 Å². The van der Waals surface area contributed by atoms with Crippen LogP contribution >= 0.6 is 0 Å². The summed E-state index contributed by atoms with van der Waals surface area (Å²) in [6.45, 7) is 1.93. The zero-order valence-electron chi connectivity index (χ0n) is 10.5. The molecule has 92 valence electrons. The molecule has 0 atom stereocenters. The summed E-state index contributed by atoms with van der Waals surface area (Å²) in [6, 6.07) is 11.5. The summed E-state index contributed by atoms with van der Waals surface area (Å²) in [6.07, 6.45) is 5.24. The van der Waals surface area contributed by atoms with Crippen LogP contribution in [0.2, 0.25) is 0 Å². The average Bonchev–Trinajstić information content (AvgIpc) is 2.49. The summed E-state index contributed by atoms with van der Waals surface area (Å²) in [5.74, 6) is 0. The van der Waals surface area contributed by atoms with Crippen molar-refractivity contribution in [1.29, 1.82) is 0 Å². The van der Waals surface area contributed by atoms with Gasteiger partial charge in [0.1, 0.15) is 11.4 Å². The fraction of sp³-hybridized carbons (Fsp3) is 0.0667. The lowest BCUT2D eigenvalue weighted by molar-refractivity contribution is 1.10. The first-order valence-corrected chi connectivity index (χ1v) is 6.01. The van der Waals surface area contributed by atoms with Crippen LogP contribution in [0.1, 0.15) is 5.69 Å². The van der Waals surface area contributed by atoms with Crippen LogP contribution in [-0.4, -0.2) is 19.9 Å². The number of aromatic nitrogens is 4. The van der Waals surface area contributed by atoms with Crippen LogP contribution in [0.3, 0.4) is 0 Å². The highest BCUT2D eigenvalue weighted by atomic mass is 14.9. The predicted octanol–water partition coefficient (Wildman–Crippen LogP) is 2.91. The Morgan fingerprint density at radius 2 is 1.42 bits per heavy atom. The normalized spacial score (nSPS) is 10.4. The van der Waals surface area contributed by atoms with E-state index in [-0.39, 0.29) is 0 Å². The van der Waals surface area contributed by atoms with E-state index in [1.807, 2.05) is 43.3 Å². The quantitative estimate of drug-likeness (QED) is 0.699. The van der Waals surface area contributed by atoms with Crippen LogP contribution < -0.4 is 0 Å². The maximum atomic E-state index is 4.63. The Morgan fingerprint density at radius 3 is 2.05 bits per heavy atom. The number of rotatable bonds is 2. The average molecular weight is 248 g/mol. The molecule has 3 aromatic heterocycles. The first-order valence-electron chi connectivity index (χ1n) is 6.01. The Balaban J connectivity index is 2.12.